The first-order chi connectivity index (χ1) is 13.1. The van der Waals surface area contributed by atoms with E-state index < -0.39 is 0 Å². The Hall–Kier alpha value is -2.40. The molecule has 0 aliphatic rings. The monoisotopic (exact) mass is 382 g/mol. The zero-order valence-electron chi connectivity index (χ0n) is 15.6. The summed E-state index contributed by atoms with van der Waals surface area (Å²) in [6, 6.07) is 14.0. The number of nitrogens with zero attached hydrogens (tertiary/aromatic N) is 1. The van der Waals surface area contributed by atoms with Gasteiger partial charge in [0, 0.05) is 31.0 Å². The van der Waals surface area contributed by atoms with Crippen molar-refractivity contribution in [2.75, 3.05) is 12.9 Å². The van der Waals surface area contributed by atoms with Crippen LogP contribution in [0.4, 0.5) is 0 Å². The standard InChI is InChI=1S/C22H24NO3S/c1-17(24)27-16-21(22(25)26-2)11-10-19(20-12-14-23-15-13-20)9-8-18-6-4-3-5-7-18/h3-9,12-15,21H,10-11,16H2,1-2H3/t21-/m0/s1. The number of aromatic nitrogens is 1. The molecule has 4 nitrogen and oxygen atoms in total. The molecular weight excluding hydrogens is 358 g/mol. The number of allylic oxidation sites excluding steroid dienone is 1. The third-order valence-electron chi connectivity index (χ3n) is 4.11. The van der Waals surface area contributed by atoms with Gasteiger partial charge in [0.15, 0.2) is 5.12 Å². The van der Waals surface area contributed by atoms with Crippen LogP contribution in [-0.4, -0.2) is 28.9 Å². The van der Waals surface area contributed by atoms with Crippen LogP contribution in [0.15, 0.2) is 60.9 Å². The maximum Gasteiger partial charge on any atom is 0.309 e. The number of methoxy groups -OCH3 is 1. The van der Waals surface area contributed by atoms with Crippen LogP contribution >= 0.6 is 11.8 Å². The number of carbonyl (C=O) groups is 2. The van der Waals surface area contributed by atoms with Crippen LogP contribution in [-0.2, 0) is 14.3 Å². The highest BCUT2D eigenvalue weighted by Gasteiger charge is 2.22. The van der Waals surface area contributed by atoms with E-state index in [0.717, 1.165) is 28.8 Å². The molecule has 0 aliphatic heterocycles. The molecule has 1 radical (unpaired) electrons. The van der Waals surface area contributed by atoms with Gasteiger partial charge in [-0.2, -0.15) is 0 Å². The van der Waals surface area contributed by atoms with Crippen LogP contribution in [0.2, 0.25) is 0 Å². The third kappa shape index (κ3) is 7.39. The molecule has 0 spiro atoms. The lowest BCUT2D eigenvalue weighted by atomic mass is 9.90. The Kier molecular flexibility index (Phi) is 8.78. The number of thioether (sulfide) groups is 1. The summed E-state index contributed by atoms with van der Waals surface area (Å²) in [5, 5.41) is 0.00575. The zero-order chi connectivity index (χ0) is 19.5. The Morgan fingerprint density at radius 2 is 1.85 bits per heavy atom. The van der Waals surface area contributed by atoms with Crippen molar-refractivity contribution in [1.82, 2.24) is 4.98 Å². The second-order valence-electron chi connectivity index (χ2n) is 6.07. The molecule has 1 atom stereocenters. The lowest BCUT2D eigenvalue weighted by Crippen LogP contribution is -2.20. The van der Waals surface area contributed by atoms with Gasteiger partial charge in [-0.05, 0) is 36.1 Å². The van der Waals surface area contributed by atoms with E-state index in [1.54, 1.807) is 12.4 Å². The van der Waals surface area contributed by atoms with Crippen molar-refractivity contribution >= 4 is 28.9 Å². The first-order valence-electron chi connectivity index (χ1n) is 8.80. The third-order valence-corrected chi connectivity index (χ3v) is 5.09. The van der Waals surface area contributed by atoms with Gasteiger partial charge in [-0.1, -0.05) is 54.2 Å². The van der Waals surface area contributed by atoms with Gasteiger partial charge in [0.1, 0.15) is 0 Å². The van der Waals surface area contributed by atoms with E-state index in [4.69, 9.17) is 4.74 Å². The van der Waals surface area contributed by atoms with Gasteiger partial charge < -0.3 is 4.74 Å². The predicted molar refractivity (Wildman–Crippen MR) is 110 cm³/mol. The summed E-state index contributed by atoms with van der Waals surface area (Å²) >= 11 is 1.16. The molecule has 0 N–H and O–H groups in total. The van der Waals surface area contributed by atoms with E-state index in [1.165, 1.54) is 14.0 Å². The van der Waals surface area contributed by atoms with Gasteiger partial charge in [0.05, 0.1) is 13.0 Å². The summed E-state index contributed by atoms with van der Waals surface area (Å²) in [5.74, 6) is 0.965. The number of carbonyl (C=O) groups excluding carboxylic acids is 2. The SMILES string of the molecule is COC(=O)[C@@H](CC[C](C=Cc1ccccc1)c1ccncc1)CSC(C)=O. The summed E-state index contributed by atoms with van der Waals surface area (Å²) in [4.78, 5) is 27.4. The highest BCUT2D eigenvalue weighted by atomic mass is 32.2. The van der Waals surface area contributed by atoms with E-state index >= 15 is 0 Å². The number of esters is 1. The van der Waals surface area contributed by atoms with Crippen molar-refractivity contribution in [2.45, 2.75) is 19.8 Å². The van der Waals surface area contributed by atoms with Crippen molar-refractivity contribution in [2.24, 2.45) is 5.92 Å². The molecule has 1 heterocycles. The second kappa shape index (κ2) is 11.3. The number of hydrogen-bond acceptors (Lipinski definition) is 5. The summed E-state index contributed by atoms with van der Waals surface area (Å²) in [6.07, 6.45) is 8.98. The summed E-state index contributed by atoms with van der Waals surface area (Å²) in [6.45, 7) is 1.51. The number of benzene rings is 1. The fraction of sp³-hybridized carbons (Fsp3) is 0.273. The van der Waals surface area contributed by atoms with Crippen molar-refractivity contribution in [3.63, 3.8) is 0 Å². The molecule has 1 aromatic carbocycles. The van der Waals surface area contributed by atoms with Crippen LogP contribution in [0.25, 0.3) is 6.08 Å². The average Bonchev–Trinajstić information content (AvgIpc) is 2.70. The molecule has 0 aliphatic carbocycles. The van der Waals surface area contributed by atoms with Crippen LogP contribution in [0.1, 0.15) is 30.9 Å². The van der Waals surface area contributed by atoms with Crippen molar-refractivity contribution in [3.8, 4) is 0 Å². The van der Waals surface area contributed by atoms with Crippen LogP contribution < -0.4 is 0 Å². The fourth-order valence-electron chi connectivity index (χ4n) is 2.63. The molecule has 0 unspecified atom stereocenters. The van der Waals surface area contributed by atoms with Crippen LogP contribution in [0.5, 0.6) is 0 Å². The van der Waals surface area contributed by atoms with Crippen molar-refractivity contribution < 1.29 is 14.3 Å². The smallest absolute Gasteiger partial charge is 0.309 e. The minimum atomic E-state index is -0.314. The Balaban J connectivity index is 2.11. The number of pyridine rings is 1. The minimum Gasteiger partial charge on any atom is -0.469 e. The molecule has 0 saturated carbocycles. The molecule has 0 fully saturated rings. The summed E-state index contributed by atoms with van der Waals surface area (Å²) in [5.41, 5.74) is 2.18. The van der Waals surface area contributed by atoms with E-state index in [9.17, 15) is 9.59 Å². The molecule has 2 aromatic rings. The number of hydrogen-bond donors (Lipinski definition) is 0. The molecule has 141 valence electrons. The van der Waals surface area contributed by atoms with Crippen LogP contribution in [0, 0.1) is 11.8 Å². The first kappa shape index (κ1) is 20.9. The summed E-state index contributed by atoms with van der Waals surface area (Å²) in [7, 11) is 1.39. The van der Waals surface area contributed by atoms with Crippen LogP contribution in [0.3, 0.4) is 0 Å². The first-order valence-corrected chi connectivity index (χ1v) is 9.79. The van der Waals surface area contributed by atoms with Gasteiger partial charge in [0.2, 0.25) is 0 Å². The quantitative estimate of drug-likeness (QED) is 0.595. The van der Waals surface area contributed by atoms with Gasteiger partial charge >= 0.3 is 5.97 Å². The lowest BCUT2D eigenvalue weighted by molar-refractivity contribution is -0.144. The molecular formula is C22H24NO3S. The van der Waals surface area contributed by atoms with E-state index in [0.29, 0.717) is 18.6 Å². The molecule has 5 heteroatoms. The Morgan fingerprint density at radius 1 is 1.15 bits per heavy atom. The highest BCUT2D eigenvalue weighted by Crippen LogP contribution is 2.26. The van der Waals surface area contributed by atoms with Gasteiger partial charge in [-0.15, -0.1) is 0 Å². The molecule has 0 amide bonds. The van der Waals surface area contributed by atoms with Gasteiger partial charge in [-0.3, -0.25) is 14.6 Å². The van der Waals surface area contributed by atoms with E-state index in [2.05, 4.69) is 17.1 Å². The normalized spacial score (nSPS) is 12.3. The maximum atomic E-state index is 12.1. The maximum absolute atomic E-state index is 12.1. The van der Waals surface area contributed by atoms with Gasteiger partial charge in [0.25, 0.3) is 0 Å². The van der Waals surface area contributed by atoms with Gasteiger partial charge in [-0.25, -0.2) is 0 Å². The van der Waals surface area contributed by atoms with Crippen molar-refractivity contribution in [1.29, 1.82) is 0 Å². The largest absolute Gasteiger partial charge is 0.469 e. The second-order valence-corrected chi connectivity index (χ2v) is 7.26. The Labute approximate surface area is 165 Å². The van der Waals surface area contributed by atoms with Crippen molar-refractivity contribution in [3.05, 3.63) is 78.0 Å². The minimum absolute atomic E-state index is 0.00575. The molecule has 2 rings (SSSR count). The molecule has 1 aromatic heterocycles. The molecule has 0 saturated heterocycles. The van der Waals surface area contributed by atoms with E-state index in [1.807, 2.05) is 42.5 Å². The summed E-state index contributed by atoms with van der Waals surface area (Å²) < 4.78 is 4.91. The fourth-order valence-corrected chi connectivity index (χ4v) is 3.37. The Morgan fingerprint density at radius 3 is 2.48 bits per heavy atom. The molecule has 0 bridgehead atoms. The highest BCUT2D eigenvalue weighted by molar-refractivity contribution is 8.13. The molecule has 27 heavy (non-hydrogen) atoms. The average molecular weight is 383 g/mol. The lowest BCUT2D eigenvalue weighted by Gasteiger charge is -2.17. The Bertz CT molecular complexity index is 747. The van der Waals surface area contributed by atoms with E-state index in [-0.39, 0.29) is 17.0 Å². The number of rotatable bonds is 9. The number of ether oxygens (including phenoxy) is 1. The predicted octanol–water partition coefficient (Wildman–Crippen LogP) is 4.57. The zero-order valence-corrected chi connectivity index (χ0v) is 16.4. The topological polar surface area (TPSA) is 56.3 Å².